The normalized spacial score (nSPS) is 11.5. The van der Waals surface area contributed by atoms with Crippen molar-refractivity contribution in [2.45, 2.75) is 37.5 Å². The van der Waals surface area contributed by atoms with E-state index < -0.39 is 16.0 Å². The molecule has 0 aliphatic carbocycles. The van der Waals surface area contributed by atoms with Crippen molar-refractivity contribution >= 4 is 27.6 Å². The van der Waals surface area contributed by atoms with Crippen LogP contribution in [-0.2, 0) is 14.8 Å². The van der Waals surface area contributed by atoms with Gasteiger partial charge in [0, 0.05) is 13.0 Å². The minimum atomic E-state index is -3.61. The molecule has 1 rings (SSSR count). The smallest absolute Gasteiger partial charge is 0.303 e. The van der Waals surface area contributed by atoms with Gasteiger partial charge in [-0.1, -0.05) is 24.1 Å². The third-order valence-corrected chi connectivity index (χ3v) is 4.68. The number of hydrogen-bond donors (Lipinski definition) is 2. The van der Waals surface area contributed by atoms with Gasteiger partial charge in [0.2, 0.25) is 10.0 Å². The maximum atomic E-state index is 12.0. The molecule has 0 aliphatic rings. The van der Waals surface area contributed by atoms with Gasteiger partial charge in [-0.05, 0) is 37.5 Å². The molecule has 0 heterocycles. The Hall–Kier alpha value is -1.11. The fraction of sp³-hybridized carbons (Fsp3) is 0.462. The van der Waals surface area contributed by atoms with Crippen LogP contribution in [-0.4, -0.2) is 26.0 Å². The maximum absolute atomic E-state index is 12.0. The lowest BCUT2D eigenvalue weighted by Gasteiger charge is -2.08. The van der Waals surface area contributed by atoms with Crippen LogP contribution in [0.3, 0.4) is 0 Å². The lowest BCUT2D eigenvalue weighted by Crippen LogP contribution is -2.25. The number of aryl methyl sites for hydroxylation is 1. The monoisotopic (exact) mass is 319 g/mol. The molecule has 0 aliphatic heterocycles. The van der Waals surface area contributed by atoms with Gasteiger partial charge >= 0.3 is 5.97 Å². The predicted octanol–water partition coefficient (Wildman–Crippen LogP) is 2.57. The van der Waals surface area contributed by atoms with Crippen LogP contribution in [0, 0.1) is 6.92 Å². The summed E-state index contributed by atoms with van der Waals surface area (Å²) in [7, 11) is -3.61. The van der Waals surface area contributed by atoms with Crippen LogP contribution in [0.2, 0.25) is 5.02 Å². The first-order chi connectivity index (χ1) is 9.33. The van der Waals surface area contributed by atoms with Crippen LogP contribution >= 0.6 is 11.6 Å². The Balaban J connectivity index is 2.48. The Labute approximate surface area is 124 Å². The molecule has 1 aromatic rings. The van der Waals surface area contributed by atoms with Gasteiger partial charge in [-0.2, -0.15) is 0 Å². The van der Waals surface area contributed by atoms with Gasteiger partial charge < -0.3 is 5.11 Å². The standard InChI is InChI=1S/C13H18ClNO4S/c1-10-6-7-12(11(14)9-10)20(18,19)15-8-4-2-3-5-13(16)17/h6-7,9,15H,2-5,8H2,1H3,(H,16,17). The largest absolute Gasteiger partial charge is 0.481 e. The van der Waals surface area contributed by atoms with Gasteiger partial charge in [-0.25, -0.2) is 13.1 Å². The summed E-state index contributed by atoms with van der Waals surface area (Å²) >= 11 is 5.93. The lowest BCUT2D eigenvalue weighted by atomic mass is 10.2. The molecule has 20 heavy (non-hydrogen) atoms. The van der Waals surface area contributed by atoms with Crippen molar-refractivity contribution in [3.05, 3.63) is 28.8 Å². The summed E-state index contributed by atoms with van der Waals surface area (Å²) in [4.78, 5) is 10.4. The Morgan fingerprint density at radius 2 is 2.00 bits per heavy atom. The van der Waals surface area contributed by atoms with E-state index in [1.807, 2.05) is 6.92 Å². The maximum Gasteiger partial charge on any atom is 0.303 e. The molecule has 0 atom stereocenters. The number of benzene rings is 1. The molecule has 2 N–H and O–H groups in total. The van der Waals surface area contributed by atoms with E-state index in [9.17, 15) is 13.2 Å². The number of aliphatic carboxylic acids is 1. The second-order valence-corrected chi connectivity index (χ2v) is 6.68. The van der Waals surface area contributed by atoms with Crippen molar-refractivity contribution in [3.63, 3.8) is 0 Å². The molecule has 0 unspecified atom stereocenters. The second-order valence-electron chi connectivity index (χ2n) is 4.54. The van der Waals surface area contributed by atoms with Crippen LogP contribution in [0.25, 0.3) is 0 Å². The number of rotatable bonds is 8. The van der Waals surface area contributed by atoms with Crippen LogP contribution in [0.1, 0.15) is 31.2 Å². The van der Waals surface area contributed by atoms with Gasteiger partial charge in [0.25, 0.3) is 0 Å². The lowest BCUT2D eigenvalue weighted by molar-refractivity contribution is -0.137. The molecule has 0 bridgehead atoms. The van der Waals surface area contributed by atoms with E-state index in [1.165, 1.54) is 6.07 Å². The van der Waals surface area contributed by atoms with Crippen molar-refractivity contribution in [2.24, 2.45) is 0 Å². The Morgan fingerprint density at radius 1 is 1.30 bits per heavy atom. The molecule has 112 valence electrons. The number of hydrogen-bond acceptors (Lipinski definition) is 3. The summed E-state index contributed by atoms with van der Waals surface area (Å²) in [5.41, 5.74) is 0.891. The van der Waals surface area contributed by atoms with Gasteiger partial charge in [-0.15, -0.1) is 0 Å². The fourth-order valence-electron chi connectivity index (χ4n) is 1.69. The third kappa shape index (κ3) is 5.48. The Bertz CT molecular complexity index is 572. The first kappa shape index (κ1) is 16.9. The summed E-state index contributed by atoms with van der Waals surface area (Å²) in [6, 6.07) is 4.76. The van der Waals surface area contributed by atoms with Crippen molar-refractivity contribution in [1.29, 1.82) is 0 Å². The zero-order valence-corrected chi connectivity index (χ0v) is 12.8. The van der Waals surface area contributed by atoms with E-state index in [1.54, 1.807) is 12.1 Å². The minimum Gasteiger partial charge on any atom is -0.481 e. The number of halogens is 1. The zero-order chi connectivity index (χ0) is 15.2. The van der Waals surface area contributed by atoms with E-state index in [0.717, 1.165) is 5.56 Å². The molecular weight excluding hydrogens is 302 g/mol. The fourth-order valence-corrected chi connectivity index (χ4v) is 3.36. The van der Waals surface area contributed by atoms with E-state index in [4.69, 9.17) is 16.7 Å². The third-order valence-electron chi connectivity index (χ3n) is 2.74. The van der Waals surface area contributed by atoms with Gasteiger partial charge in [0.15, 0.2) is 0 Å². The number of carboxylic acids is 1. The van der Waals surface area contributed by atoms with Crippen LogP contribution in [0.5, 0.6) is 0 Å². The molecular formula is C13H18ClNO4S. The van der Waals surface area contributed by atoms with Crippen LogP contribution in [0.4, 0.5) is 0 Å². The number of carboxylic acid groups (broad SMARTS) is 1. The number of nitrogens with one attached hydrogen (secondary N) is 1. The Kier molecular flexibility index (Phi) is 6.45. The van der Waals surface area contributed by atoms with E-state index in [2.05, 4.69) is 4.72 Å². The summed E-state index contributed by atoms with van der Waals surface area (Å²) in [5.74, 6) is -0.836. The van der Waals surface area contributed by atoms with E-state index in [0.29, 0.717) is 19.3 Å². The molecule has 1 aromatic carbocycles. The molecule has 0 fully saturated rings. The highest BCUT2D eigenvalue weighted by molar-refractivity contribution is 7.89. The minimum absolute atomic E-state index is 0.0651. The Morgan fingerprint density at radius 3 is 2.60 bits per heavy atom. The van der Waals surface area contributed by atoms with Gasteiger partial charge in [-0.3, -0.25) is 4.79 Å². The SMILES string of the molecule is Cc1ccc(S(=O)(=O)NCCCCCC(=O)O)c(Cl)c1. The quantitative estimate of drug-likeness (QED) is 0.721. The summed E-state index contributed by atoms with van der Waals surface area (Å²) in [5, 5.41) is 8.67. The van der Waals surface area contributed by atoms with Crippen LogP contribution < -0.4 is 4.72 Å². The van der Waals surface area contributed by atoms with Crippen molar-refractivity contribution in [2.75, 3.05) is 6.54 Å². The molecule has 5 nitrogen and oxygen atoms in total. The van der Waals surface area contributed by atoms with Gasteiger partial charge in [0.1, 0.15) is 4.90 Å². The molecule has 0 saturated heterocycles. The predicted molar refractivity (Wildman–Crippen MR) is 77.5 cm³/mol. The number of sulfonamides is 1. The highest BCUT2D eigenvalue weighted by Gasteiger charge is 2.16. The summed E-state index contributed by atoms with van der Waals surface area (Å²) in [6.45, 7) is 2.10. The molecule has 0 aromatic heterocycles. The highest BCUT2D eigenvalue weighted by Crippen LogP contribution is 2.22. The average molecular weight is 320 g/mol. The number of unbranched alkanes of at least 4 members (excludes halogenated alkanes) is 2. The van der Waals surface area contributed by atoms with Gasteiger partial charge in [0.05, 0.1) is 5.02 Å². The summed E-state index contributed by atoms with van der Waals surface area (Å²) in [6.07, 6.45) is 1.91. The molecule has 0 radical (unpaired) electrons. The molecule has 0 spiro atoms. The first-order valence-electron chi connectivity index (χ1n) is 6.30. The molecule has 0 saturated carbocycles. The van der Waals surface area contributed by atoms with Crippen molar-refractivity contribution in [1.82, 2.24) is 4.72 Å². The topological polar surface area (TPSA) is 83.5 Å². The molecule has 7 heteroatoms. The van der Waals surface area contributed by atoms with E-state index >= 15 is 0 Å². The summed E-state index contributed by atoms with van der Waals surface area (Å²) < 4.78 is 26.5. The second kappa shape index (κ2) is 7.61. The van der Waals surface area contributed by atoms with Crippen molar-refractivity contribution in [3.8, 4) is 0 Å². The van der Waals surface area contributed by atoms with Crippen LogP contribution in [0.15, 0.2) is 23.1 Å². The highest BCUT2D eigenvalue weighted by atomic mass is 35.5. The van der Waals surface area contributed by atoms with E-state index in [-0.39, 0.29) is 22.9 Å². The average Bonchev–Trinajstić information content (AvgIpc) is 2.32. The molecule has 0 amide bonds. The zero-order valence-electron chi connectivity index (χ0n) is 11.2. The van der Waals surface area contributed by atoms with Crippen molar-refractivity contribution < 1.29 is 18.3 Å². The number of carbonyl (C=O) groups is 1. The first-order valence-corrected chi connectivity index (χ1v) is 8.16.